The van der Waals surface area contributed by atoms with Crippen molar-refractivity contribution >= 4 is 17.5 Å². The molecule has 0 unspecified atom stereocenters. The van der Waals surface area contributed by atoms with Crippen LogP contribution in [-0.4, -0.2) is 93.0 Å². The van der Waals surface area contributed by atoms with Gasteiger partial charge in [-0.25, -0.2) is 0 Å². The molecule has 3 heterocycles. The van der Waals surface area contributed by atoms with Gasteiger partial charge in [-0.2, -0.15) is 0 Å². The third-order valence-corrected chi connectivity index (χ3v) is 8.23. The minimum Gasteiger partial charge on any atom is -0.459 e. The number of carbonyl (C=O) groups is 2. The van der Waals surface area contributed by atoms with Crippen molar-refractivity contribution in [1.29, 1.82) is 0 Å². The predicted molar refractivity (Wildman–Crippen MR) is 150 cm³/mol. The lowest BCUT2D eigenvalue weighted by Gasteiger charge is -2.44. The number of nitrogens with zero attached hydrogens (tertiary/aromatic N) is 2. The number of ether oxygens (including phenoxy) is 4. The second-order valence-electron chi connectivity index (χ2n) is 10.9. The van der Waals surface area contributed by atoms with Gasteiger partial charge in [0.1, 0.15) is 5.54 Å². The van der Waals surface area contributed by atoms with Crippen molar-refractivity contribution in [3.8, 4) is 0 Å². The highest BCUT2D eigenvalue weighted by Crippen LogP contribution is 2.39. The normalized spacial score (nSPS) is 24.3. The van der Waals surface area contributed by atoms with Gasteiger partial charge < -0.3 is 39.2 Å². The zero-order valence-electron chi connectivity index (χ0n) is 24.0. The predicted octanol–water partition coefficient (Wildman–Crippen LogP) is 2.52. The van der Waals surface area contributed by atoms with E-state index in [0.29, 0.717) is 71.4 Å². The van der Waals surface area contributed by atoms with Crippen LogP contribution in [0, 0.1) is 17.8 Å². The fourth-order valence-electron chi connectivity index (χ4n) is 6.06. The molecule has 3 atom stereocenters. The fraction of sp³-hybridized carbons (Fsp3) is 0.667. The highest BCUT2D eigenvalue weighted by atomic mass is 16.7. The van der Waals surface area contributed by atoms with Gasteiger partial charge in [-0.3, -0.25) is 9.59 Å². The Kier molecular flexibility index (Phi) is 10.8. The largest absolute Gasteiger partial charge is 0.459 e. The smallest absolute Gasteiger partial charge is 0.288 e. The topological polar surface area (TPSA) is 110 Å². The van der Waals surface area contributed by atoms with E-state index in [1.165, 1.54) is 0 Å². The number of anilines is 1. The van der Waals surface area contributed by atoms with Crippen LogP contribution in [0.3, 0.4) is 0 Å². The molecule has 222 valence electrons. The summed E-state index contributed by atoms with van der Waals surface area (Å²) < 4.78 is 23.2. The van der Waals surface area contributed by atoms with Crippen LogP contribution >= 0.6 is 0 Å². The van der Waals surface area contributed by atoms with E-state index in [9.17, 15) is 9.59 Å². The highest BCUT2D eigenvalue weighted by molar-refractivity contribution is 5.95. The first-order valence-corrected chi connectivity index (χ1v) is 14.6. The molecule has 0 saturated carbocycles. The monoisotopic (exact) mass is 559 g/mol. The van der Waals surface area contributed by atoms with Crippen molar-refractivity contribution in [3.63, 3.8) is 0 Å². The van der Waals surface area contributed by atoms with Crippen molar-refractivity contribution in [2.24, 2.45) is 17.8 Å². The van der Waals surface area contributed by atoms with Gasteiger partial charge in [0.15, 0.2) is 5.76 Å². The maximum atomic E-state index is 13.7. The summed E-state index contributed by atoms with van der Waals surface area (Å²) in [5.41, 5.74) is 0.355. The van der Waals surface area contributed by atoms with E-state index in [1.807, 2.05) is 48.2 Å². The second-order valence-corrected chi connectivity index (χ2v) is 10.9. The van der Waals surface area contributed by atoms with E-state index in [4.69, 9.17) is 24.1 Å². The molecule has 3 aliphatic heterocycles. The van der Waals surface area contributed by atoms with Crippen LogP contribution in [0.15, 0.2) is 42.2 Å². The van der Waals surface area contributed by atoms with Gasteiger partial charge in [-0.1, -0.05) is 32.0 Å². The van der Waals surface area contributed by atoms with Crippen LogP contribution in [0.25, 0.3) is 0 Å². The molecule has 1 aromatic rings. The van der Waals surface area contributed by atoms with Gasteiger partial charge in [0.25, 0.3) is 5.91 Å². The molecule has 1 aromatic carbocycles. The average Bonchev–Trinajstić information content (AvgIpc) is 3.28. The quantitative estimate of drug-likeness (QED) is 0.355. The number of allylic oxidation sites excluding steroid dienone is 1. The molecule has 0 bridgehead atoms. The van der Waals surface area contributed by atoms with E-state index in [2.05, 4.69) is 24.1 Å². The number of hydrogen-bond acceptors (Lipinski definition) is 8. The molecule has 2 N–H and O–H groups in total. The molecule has 0 aliphatic carbocycles. The molecule has 2 saturated heterocycles. The number of aliphatic hydroxyl groups is 1. The molecule has 10 heteroatoms. The summed E-state index contributed by atoms with van der Waals surface area (Å²) in [5, 5.41) is 11.8. The number of nitrogens with one attached hydrogen (secondary N) is 1. The summed E-state index contributed by atoms with van der Waals surface area (Å²) >= 11 is 0. The van der Waals surface area contributed by atoms with Crippen LogP contribution in [0.1, 0.15) is 40.0 Å². The number of amides is 2. The van der Waals surface area contributed by atoms with Crippen LogP contribution in [0.2, 0.25) is 0 Å². The maximum absolute atomic E-state index is 13.7. The molecular weight excluding hydrogens is 514 g/mol. The maximum Gasteiger partial charge on any atom is 0.288 e. The van der Waals surface area contributed by atoms with Crippen molar-refractivity contribution in [2.45, 2.75) is 51.9 Å². The molecule has 4 rings (SSSR count). The molecule has 3 aliphatic rings. The Bertz CT molecular complexity index is 994. The first kappa shape index (κ1) is 30.3. The average molecular weight is 560 g/mol. The van der Waals surface area contributed by atoms with Gasteiger partial charge in [0.2, 0.25) is 12.2 Å². The number of piperidine rings is 1. The molecule has 0 aromatic heterocycles. The van der Waals surface area contributed by atoms with E-state index in [-0.39, 0.29) is 36.2 Å². The first-order chi connectivity index (χ1) is 19.4. The fourth-order valence-corrected chi connectivity index (χ4v) is 6.06. The molecular formula is C30H45N3O7. The Morgan fingerprint density at radius 2 is 1.82 bits per heavy atom. The third-order valence-electron chi connectivity index (χ3n) is 8.23. The van der Waals surface area contributed by atoms with Crippen molar-refractivity contribution in [3.05, 3.63) is 42.2 Å². The highest BCUT2D eigenvalue weighted by Gasteiger charge is 2.51. The molecule has 2 amide bonds. The number of likely N-dealkylation sites (tertiary alicyclic amines) is 1. The van der Waals surface area contributed by atoms with Gasteiger partial charge in [0.05, 0.1) is 33.1 Å². The van der Waals surface area contributed by atoms with E-state index < -0.39 is 11.8 Å². The minimum atomic E-state index is -0.650. The van der Waals surface area contributed by atoms with Gasteiger partial charge in [-0.05, 0) is 56.2 Å². The summed E-state index contributed by atoms with van der Waals surface area (Å²) in [7, 11) is 0. The van der Waals surface area contributed by atoms with E-state index in [1.54, 1.807) is 0 Å². The summed E-state index contributed by atoms with van der Waals surface area (Å²) in [6, 6.07) is 9.96. The Hall–Kier alpha value is -2.66. The third kappa shape index (κ3) is 6.79. The van der Waals surface area contributed by atoms with Gasteiger partial charge in [-0.15, -0.1) is 0 Å². The Labute approximate surface area is 237 Å². The number of benzene rings is 1. The first-order valence-electron chi connectivity index (χ1n) is 14.6. The molecule has 1 spiro atoms. The number of rotatable bonds is 13. The van der Waals surface area contributed by atoms with Crippen LogP contribution in [0.4, 0.5) is 5.69 Å². The van der Waals surface area contributed by atoms with Crippen LogP contribution < -0.4 is 10.2 Å². The van der Waals surface area contributed by atoms with Crippen molar-refractivity contribution in [2.75, 3.05) is 64.3 Å². The summed E-state index contributed by atoms with van der Waals surface area (Å²) in [5.74, 6) is 0.616. The summed E-state index contributed by atoms with van der Waals surface area (Å²) in [6.45, 7) is 9.82. The van der Waals surface area contributed by atoms with Crippen LogP contribution in [-0.2, 0) is 28.5 Å². The van der Waals surface area contributed by atoms with Crippen molar-refractivity contribution in [1.82, 2.24) is 10.2 Å². The molecule has 40 heavy (non-hydrogen) atoms. The Balaban J connectivity index is 1.40. The number of carbonyl (C=O) groups excluding carboxylic acids is 2. The lowest BCUT2D eigenvalue weighted by Crippen LogP contribution is -2.57. The molecule has 2 fully saturated rings. The van der Waals surface area contributed by atoms with Gasteiger partial charge in [0, 0.05) is 37.9 Å². The number of para-hydroxylation sites is 1. The second kappa shape index (κ2) is 14.3. The van der Waals surface area contributed by atoms with Crippen LogP contribution in [0.5, 0.6) is 0 Å². The molecule has 0 radical (unpaired) electrons. The lowest BCUT2D eigenvalue weighted by molar-refractivity contribution is -0.180. The zero-order valence-corrected chi connectivity index (χ0v) is 24.0. The number of hydrogen-bond donors (Lipinski definition) is 2. The molecule has 10 nitrogen and oxygen atoms in total. The number of aliphatic hydroxyl groups excluding tert-OH is 1. The summed E-state index contributed by atoms with van der Waals surface area (Å²) in [4.78, 5) is 30.7. The lowest BCUT2D eigenvalue weighted by atomic mass is 9.79. The minimum absolute atomic E-state index is 0.00132. The SMILES string of the molecule is CCO[C@@H]1OC(C(=O)N2CCC3(CC2)C(=O)NCN3c2ccccc2)=C[C@H](C(C)C)[C@H]1CCOCCOCCO. The van der Waals surface area contributed by atoms with Gasteiger partial charge >= 0.3 is 0 Å². The zero-order chi connectivity index (χ0) is 28.5. The standard InChI is InChI=1S/C30H45N3O7/c1-4-39-28-24(10-16-37-18-19-38-17-15-34)25(22(2)3)20-26(40-28)27(35)32-13-11-30(12-14-32)29(36)31-21-33(30)23-8-6-5-7-9-23/h5-9,20,22,24-25,28,34H,4,10-19,21H2,1-3H3,(H,31,36)/t24-,25-,28-/m1/s1. The Morgan fingerprint density at radius 1 is 1.12 bits per heavy atom. The Morgan fingerprint density at radius 3 is 2.48 bits per heavy atom. The summed E-state index contributed by atoms with van der Waals surface area (Å²) in [6.07, 6.45) is 3.26. The van der Waals surface area contributed by atoms with E-state index in [0.717, 1.165) is 12.1 Å². The van der Waals surface area contributed by atoms with E-state index >= 15 is 0 Å². The van der Waals surface area contributed by atoms with Crippen molar-refractivity contribution < 1.29 is 33.6 Å².